The SMILES string of the molecule is Cc1nn(-c2cccnc2)c(-c2ccccc2)c1CC(=O)O. The summed E-state index contributed by atoms with van der Waals surface area (Å²) in [5, 5.41) is 13.7. The van der Waals surface area contributed by atoms with Crippen LogP contribution in [0.5, 0.6) is 0 Å². The molecular formula is C17H15N3O2. The average Bonchev–Trinajstić information content (AvgIpc) is 2.85. The summed E-state index contributed by atoms with van der Waals surface area (Å²) in [5.74, 6) is -0.869. The van der Waals surface area contributed by atoms with Crippen LogP contribution in [0.25, 0.3) is 16.9 Å². The topological polar surface area (TPSA) is 68.0 Å². The number of rotatable bonds is 4. The summed E-state index contributed by atoms with van der Waals surface area (Å²) in [5.41, 5.74) is 3.98. The van der Waals surface area contributed by atoms with E-state index < -0.39 is 5.97 Å². The predicted molar refractivity (Wildman–Crippen MR) is 82.9 cm³/mol. The van der Waals surface area contributed by atoms with Crippen molar-refractivity contribution in [2.75, 3.05) is 0 Å². The largest absolute Gasteiger partial charge is 0.481 e. The Morgan fingerprint density at radius 3 is 2.59 bits per heavy atom. The molecule has 3 aromatic rings. The molecule has 5 nitrogen and oxygen atoms in total. The minimum atomic E-state index is -0.869. The van der Waals surface area contributed by atoms with Crippen molar-refractivity contribution in [1.82, 2.24) is 14.8 Å². The molecule has 3 rings (SSSR count). The number of benzene rings is 1. The summed E-state index contributed by atoms with van der Waals surface area (Å²) in [4.78, 5) is 15.3. The standard InChI is InChI=1S/C17H15N3O2/c1-12-15(10-16(21)22)17(13-6-3-2-4-7-13)20(19-12)14-8-5-9-18-11-14/h2-9,11H,10H2,1H3,(H,21,22). The molecule has 0 aliphatic carbocycles. The van der Waals surface area contributed by atoms with E-state index in [2.05, 4.69) is 10.1 Å². The molecule has 1 N–H and O–H groups in total. The van der Waals surface area contributed by atoms with Crippen LogP contribution in [0.15, 0.2) is 54.9 Å². The number of hydrogen-bond acceptors (Lipinski definition) is 3. The van der Waals surface area contributed by atoms with E-state index in [4.69, 9.17) is 0 Å². The van der Waals surface area contributed by atoms with Crippen LogP contribution in [-0.2, 0) is 11.2 Å². The summed E-state index contributed by atoms with van der Waals surface area (Å²) in [6, 6.07) is 13.4. The first-order chi connectivity index (χ1) is 10.7. The molecule has 0 aliphatic heterocycles. The molecule has 0 radical (unpaired) electrons. The van der Waals surface area contributed by atoms with E-state index in [0.717, 1.165) is 22.5 Å². The van der Waals surface area contributed by atoms with Crippen LogP contribution in [0.3, 0.4) is 0 Å². The molecule has 2 aromatic heterocycles. The second-order valence-electron chi connectivity index (χ2n) is 4.97. The zero-order valence-corrected chi connectivity index (χ0v) is 12.1. The van der Waals surface area contributed by atoms with E-state index in [9.17, 15) is 9.90 Å². The number of aryl methyl sites for hydroxylation is 1. The Balaban J connectivity index is 2.25. The Morgan fingerprint density at radius 1 is 1.18 bits per heavy atom. The number of nitrogens with zero attached hydrogens (tertiary/aromatic N) is 3. The minimum absolute atomic E-state index is 0.0592. The molecule has 0 bridgehead atoms. The van der Waals surface area contributed by atoms with E-state index in [1.807, 2.05) is 49.4 Å². The average molecular weight is 293 g/mol. The molecule has 0 saturated heterocycles. The highest BCUT2D eigenvalue weighted by molar-refractivity contribution is 5.76. The van der Waals surface area contributed by atoms with Gasteiger partial charge in [-0.3, -0.25) is 9.78 Å². The highest BCUT2D eigenvalue weighted by Gasteiger charge is 2.19. The first-order valence-corrected chi connectivity index (χ1v) is 6.93. The number of carboxylic acid groups (broad SMARTS) is 1. The van der Waals surface area contributed by atoms with Gasteiger partial charge in [-0.1, -0.05) is 30.3 Å². The number of carboxylic acids is 1. The predicted octanol–water partition coefficient (Wildman–Crippen LogP) is 2.87. The summed E-state index contributed by atoms with van der Waals surface area (Å²) < 4.78 is 1.76. The fourth-order valence-corrected chi connectivity index (χ4v) is 2.48. The highest BCUT2D eigenvalue weighted by Crippen LogP contribution is 2.29. The number of hydrogen-bond donors (Lipinski definition) is 1. The molecule has 5 heteroatoms. The Morgan fingerprint density at radius 2 is 1.95 bits per heavy atom. The Kier molecular flexibility index (Phi) is 3.70. The molecule has 22 heavy (non-hydrogen) atoms. The van der Waals surface area contributed by atoms with E-state index in [1.165, 1.54) is 0 Å². The lowest BCUT2D eigenvalue weighted by atomic mass is 10.0. The van der Waals surface area contributed by atoms with E-state index in [0.29, 0.717) is 5.69 Å². The van der Waals surface area contributed by atoms with Gasteiger partial charge in [-0.05, 0) is 19.1 Å². The van der Waals surface area contributed by atoms with Gasteiger partial charge in [0, 0.05) is 17.3 Å². The van der Waals surface area contributed by atoms with Crippen LogP contribution in [0.2, 0.25) is 0 Å². The van der Waals surface area contributed by atoms with Gasteiger partial charge in [0.15, 0.2) is 0 Å². The quantitative estimate of drug-likeness (QED) is 0.803. The third kappa shape index (κ3) is 2.61. The summed E-state index contributed by atoms with van der Waals surface area (Å²) >= 11 is 0. The third-order valence-corrected chi connectivity index (χ3v) is 3.45. The van der Waals surface area contributed by atoms with Gasteiger partial charge in [0.2, 0.25) is 0 Å². The zero-order valence-electron chi connectivity index (χ0n) is 12.1. The molecule has 2 heterocycles. The maximum Gasteiger partial charge on any atom is 0.307 e. The number of carbonyl (C=O) groups is 1. The van der Waals surface area contributed by atoms with Gasteiger partial charge in [-0.15, -0.1) is 0 Å². The Bertz CT molecular complexity index is 796. The first kappa shape index (κ1) is 14.0. The lowest BCUT2D eigenvalue weighted by Gasteiger charge is -2.09. The monoisotopic (exact) mass is 293 g/mol. The van der Waals surface area contributed by atoms with Crippen LogP contribution < -0.4 is 0 Å². The van der Waals surface area contributed by atoms with Crippen molar-refractivity contribution in [3.05, 3.63) is 66.1 Å². The van der Waals surface area contributed by atoms with E-state index in [-0.39, 0.29) is 6.42 Å². The normalized spacial score (nSPS) is 10.6. The van der Waals surface area contributed by atoms with Gasteiger partial charge >= 0.3 is 5.97 Å². The fourth-order valence-electron chi connectivity index (χ4n) is 2.48. The molecule has 0 fully saturated rings. The summed E-state index contributed by atoms with van der Waals surface area (Å²) in [6.07, 6.45) is 3.35. The van der Waals surface area contributed by atoms with Crippen molar-refractivity contribution >= 4 is 5.97 Å². The van der Waals surface area contributed by atoms with Crippen molar-refractivity contribution in [3.63, 3.8) is 0 Å². The molecule has 0 atom stereocenters. The smallest absolute Gasteiger partial charge is 0.307 e. The van der Waals surface area contributed by atoms with Gasteiger partial charge < -0.3 is 5.11 Å². The number of pyridine rings is 1. The second kappa shape index (κ2) is 5.81. The Hall–Kier alpha value is -2.95. The molecule has 0 amide bonds. The zero-order chi connectivity index (χ0) is 15.5. The maximum absolute atomic E-state index is 11.2. The molecule has 0 spiro atoms. The molecule has 110 valence electrons. The van der Waals surface area contributed by atoms with Crippen LogP contribution in [0, 0.1) is 6.92 Å². The third-order valence-electron chi connectivity index (χ3n) is 3.45. The highest BCUT2D eigenvalue weighted by atomic mass is 16.4. The van der Waals surface area contributed by atoms with Gasteiger partial charge in [0.25, 0.3) is 0 Å². The van der Waals surface area contributed by atoms with Crippen LogP contribution in [-0.4, -0.2) is 25.8 Å². The lowest BCUT2D eigenvalue weighted by Crippen LogP contribution is -2.04. The number of aliphatic carboxylic acids is 1. The summed E-state index contributed by atoms with van der Waals surface area (Å²) in [7, 11) is 0. The maximum atomic E-state index is 11.2. The Labute approximate surface area is 127 Å². The molecular weight excluding hydrogens is 278 g/mol. The van der Waals surface area contributed by atoms with E-state index >= 15 is 0 Å². The molecule has 1 aromatic carbocycles. The summed E-state index contributed by atoms with van der Waals surface area (Å²) in [6.45, 7) is 1.83. The van der Waals surface area contributed by atoms with Gasteiger partial charge in [-0.25, -0.2) is 4.68 Å². The fraction of sp³-hybridized carbons (Fsp3) is 0.118. The van der Waals surface area contributed by atoms with Crippen molar-refractivity contribution in [3.8, 4) is 16.9 Å². The number of aromatic nitrogens is 3. The van der Waals surface area contributed by atoms with Gasteiger partial charge in [0.05, 0.1) is 29.7 Å². The molecule has 0 saturated carbocycles. The van der Waals surface area contributed by atoms with Gasteiger partial charge in [-0.2, -0.15) is 5.10 Å². The molecule has 0 aliphatic rings. The lowest BCUT2D eigenvalue weighted by molar-refractivity contribution is -0.136. The minimum Gasteiger partial charge on any atom is -0.481 e. The van der Waals surface area contributed by atoms with Crippen molar-refractivity contribution in [2.45, 2.75) is 13.3 Å². The van der Waals surface area contributed by atoms with Crippen molar-refractivity contribution < 1.29 is 9.90 Å². The van der Waals surface area contributed by atoms with Crippen LogP contribution >= 0.6 is 0 Å². The van der Waals surface area contributed by atoms with Crippen LogP contribution in [0.1, 0.15) is 11.3 Å². The van der Waals surface area contributed by atoms with Gasteiger partial charge in [0.1, 0.15) is 0 Å². The van der Waals surface area contributed by atoms with E-state index in [1.54, 1.807) is 17.1 Å². The van der Waals surface area contributed by atoms with Crippen LogP contribution in [0.4, 0.5) is 0 Å². The second-order valence-corrected chi connectivity index (χ2v) is 4.97. The molecule has 0 unspecified atom stereocenters. The van der Waals surface area contributed by atoms with Crippen molar-refractivity contribution in [2.24, 2.45) is 0 Å². The first-order valence-electron chi connectivity index (χ1n) is 6.93. The van der Waals surface area contributed by atoms with Crippen molar-refractivity contribution in [1.29, 1.82) is 0 Å².